The standard InChI is InChI=1S/C12H9BrO3/c1-6-9-4-7(13)2-3-8(9)11(14)5-10(6)12(15)16/h2-5,14H,1H3,(H,15,16). The van der Waals surface area contributed by atoms with E-state index in [9.17, 15) is 9.90 Å². The number of hydrogen-bond donors (Lipinski definition) is 2. The summed E-state index contributed by atoms with van der Waals surface area (Å²) < 4.78 is 0.852. The van der Waals surface area contributed by atoms with Crippen LogP contribution < -0.4 is 0 Å². The topological polar surface area (TPSA) is 57.5 Å². The van der Waals surface area contributed by atoms with E-state index in [1.165, 1.54) is 6.07 Å². The monoisotopic (exact) mass is 280 g/mol. The Balaban J connectivity index is 2.91. The Morgan fingerprint density at radius 3 is 2.56 bits per heavy atom. The van der Waals surface area contributed by atoms with Gasteiger partial charge in [0.1, 0.15) is 5.75 Å². The average Bonchev–Trinajstić information content (AvgIpc) is 2.22. The Morgan fingerprint density at radius 1 is 1.25 bits per heavy atom. The first-order valence-corrected chi connectivity index (χ1v) is 5.45. The summed E-state index contributed by atoms with van der Waals surface area (Å²) >= 11 is 3.32. The number of carboxylic acid groups (broad SMARTS) is 1. The van der Waals surface area contributed by atoms with Gasteiger partial charge in [-0.1, -0.05) is 15.9 Å². The van der Waals surface area contributed by atoms with E-state index < -0.39 is 5.97 Å². The van der Waals surface area contributed by atoms with E-state index in [2.05, 4.69) is 15.9 Å². The van der Waals surface area contributed by atoms with Crippen LogP contribution in [0.15, 0.2) is 28.7 Å². The van der Waals surface area contributed by atoms with Crippen molar-refractivity contribution in [3.8, 4) is 5.75 Å². The molecule has 0 heterocycles. The van der Waals surface area contributed by atoms with Crippen LogP contribution in [0, 0.1) is 6.92 Å². The molecule has 0 radical (unpaired) electrons. The van der Waals surface area contributed by atoms with Gasteiger partial charge in [-0.05, 0) is 42.1 Å². The third-order valence-electron chi connectivity index (χ3n) is 2.58. The SMILES string of the molecule is Cc1c(C(=O)O)cc(O)c2ccc(Br)cc12. The quantitative estimate of drug-likeness (QED) is 0.843. The molecular weight excluding hydrogens is 272 g/mol. The lowest BCUT2D eigenvalue weighted by atomic mass is 9.99. The van der Waals surface area contributed by atoms with Gasteiger partial charge in [0.2, 0.25) is 0 Å². The molecule has 0 aliphatic rings. The van der Waals surface area contributed by atoms with Crippen molar-refractivity contribution in [3.05, 3.63) is 39.9 Å². The number of phenols is 1. The van der Waals surface area contributed by atoms with Gasteiger partial charge < -0.3 is 10.2 Å². The van der Waals surface area contributed by atoms with Crippen molar-refractivity contribution >= 4 is 32.7 Å². The molecule has 0 spiro atoms. The number of benzene rings is 2. The second kappa shape index (κ2) is 3.79. The minimum Gasteiger partial charge on any atom is -0.507 e. The largest absolute Gasteiger partial charge is 0.507 e. The number of carboxylic acids is 1. The molecular formula is C12H9BrO3. The molecule has 0 saturated heterocycles. The summed E-state index contributed by atoms with van der Waals surface area (Å²) in [6, 6.07) is 6.65. The fourth-order valence-electron chi connectivity index (χ4n) is 1.74. The summed E-state index contributed by atoms with van der Waals surface area (Å²) in [5.74, 6) is -1.04. The van der Waals surface area contributed by atoms with Crippen molar-refractivity contribution < 1.29 is 15.0 Å². The summed E-state index contributed by atoms with van der Waals surface area (Å²) in [7, 11) is 0. The number of halogens is 1. The third-order valence-corrected chi connectivity index (χ3v) is 3.07. The third kappa shape index (κ3) is 1.65. The van der Waals surface area contributed by atoms with Crippen LogP contribution in [0.1, 0.15) is 15.9 Å². The maximum atomic E-state index is 11.0. The maximum Gasteiger partial charge on any atom is 0.336 e. The molecule has 4 heteroatoms. The molecule has 0 atom stereocenters. The second-order valence-corrected chi connectivity index (χ2v) is 4.48. The number of aromatic hydroxyl groups is 1. The van der Waals surface area contributed by atoms with Gasteiger partial charge in [0.25, 0.3) is 0 Å². The predicted octanol–water partition coefficient (Wildman–Crippen LogP) is 3.31. The molecule has 2 aromatic carbocycles. The van der Waals surface area contributed by atoms with E-state index in [0.717, 1.165) is 9.86 Å². The molecule has 2 N–H and O–H groups in total. The van der Waals surface area contributed by atoms with Gasteiger partial charge in [0.15, 0.2) is 0 Å². The summed E-state index contributed by atoms with van der Waals surface area (Å²) in [5.41, 5.74) is 0.782. The summed E-state index contributed by atoms with van der Waals surface area (Å²) in [5, 5.41) is 20.1. The van der Waals surface area contributed by atoms with Gasteiger partial charge in [-0.3, -0.25) is 0 Å². The van der Waals surface area contributed by atoms with Gasteiger partial charge in [0, 0.05) is 9.86 Å². The van der Waals surface area contributed by atoms with Crippen LogP contribution in [0.5, 0.6) is 5.75 Å². The number of phenolic OH excluding ortho intramolecular Hbond substituents is 1. The van der Waals surface area contributed by atoms with Gasteiger partial charge in [-0.2, -0.15) is 0 Å². The first kappa shape index (κ1) is 11.0. The Labute approximate surface area is 100 Å². The van der Waals surface area contributed by atoms with Gasteiger partial charge in [0.05, 0.1) is 5.56 Å². The molecule has 2 rings (SSSR count). The zero-order valence-corrected chi connectivity index (χ0v) is 10.1. The molecule has 0 fully saturated rings. The predicted molar refractivity (Wildman–Crippen MR) is 65.0 cm³/mol. The molecule has 0 saturated carbocycles. The molecule has 0 aliphatic carbocycles. The number of carbonyl (C=O) groups is 1. The molecule has 0 bridgehead atoms. The van der Waals surface area contributed by atoms with Gasteiger partial charge in [-0.15, -0.1) is 0 Å². The van der Waals surface area contributed by atoms with Crippen molar-refractivity contribution in [2.45, 2.75) is 6.92 Å². The fraction of sp³-hybridized carbons (Fsp3) is 0.0833. The van der Waals surface area contributed by atoms with E-state index in [1.54, 1.807) is 19.1 Å². The Hall–Kier alpha value is -1.55. The van der Waals surface area contributed by atoms with Crippen molar-refractivity contribution in [2.75, 3.05) is 0 Å². The highest BCUT2D eigenvalue weighted by Gasteiger charge is 2.13. The van der Waals surface area contributed by atoms with E-state index in [0.29, 0.717) is 10.9 Å². The number of fused-ring (bicyclic) bond motifs is 1. The lowest BCUT2D eigenvalue weighted by Crippen LogP contribution is -2.00. The van der Waals surface area contributed by atoms with Crippen molar-refractivity contribution in [2.24, 2.45) is 0 Å². The van der Waals surface area contributed by atoms with E-state index in [4.69, 9.17) is 5.11 Å². The minimum absolute atomic E-state index is 0.00880. The Bertz CT molecular complexity index is 590. The van der Waals surface area contributed by atoms with Crippen LogP contribution in [0.3, 0.4) is 0 Å². The molecule has 0 unspecified atom stereocenters. The van der Waals surface area contributed by atoms with Crippen molar-refractivity contribution in [1.29, 1.82) is 0 Å². The smallest absolute Gasteiger partial charge is 0.336 e. The molecule has 3 nitrogen and oxygen atoms in total. The summed E-state index contributed by atoms with van der Waals surface area (Å²) in [6.07, 6.45) is 0. The fourth-order valence-corrected chi connectivity index (χ4v) is 2.10. The van der Waals surface area contributed by atoms with Crippen LogP contribution in [0.25, 0.3) is 10.8 Å². The number of rotatable bonds is 1. The van der Waals surface area contributed by atoms with Crippen molar-refractivity contribution in [3.63, 3.8) is 0 Å². The first-order chi connectivity index (χ1) is 7.50. The van der Waals surface area contributed by atoms with E-state index in [-0.39, 0.29) is 11.3 Å². The first-order valence-electron chi connectivity index (χ1n) is 4.66. The maximum absolute atomic E-state index is 11.0. The van der Waals surface area contributed by atoms with Crippen LogP contribution in [0.4, 0.5) is 0 Å². The molecule has 0 aliphatic heterocycles. The Morgan fingerprint density at radius 2 is 1.94 bits per heavy atom. The Kier molecular flexibility index (Phi) is 2.59. The molecule has 82 valence electrons. The highest BCUT2D eigenvalue weighted by atomic mass is 79.9. The second-order valence-electron chi connectivity index (χ2n) is 3.56. The van der Waals surface area contributed by atoms with Gasteiger partial charge >= 0.3 is 5.97 Å². The number of hydrogen-bond acceptors (Lipinski definition) is 2. The highest BCUT2D eigenvalue weighted by Crippen LogP contribution is 2.32. The molecule has 2 aromatic rings. The average molecular weight is 281 g/mol. The van der Waals surface area contributed by atoms with Crippen LogP contribution in [-0.2, 0) is 0 Å². The lowest BCUT2D eigenvalue weighted by Gasteiger charge is -2.08. The van der Waals surface area contributed by atoms with Crippen LogP contribution in [0.2, 0.25) is 0 Å². The highest BCUT2D eigenvalue weighted by molar-refractivity contribution is 9.10. The number of aryl methyl sites for hydroxylation is 1. The zero-order chi connectivity index (χ0) is 11.9. The zero-order valence-electron chi connectivity index (χ0n) is 8.49. The van der Waals surface area contributed by atoms with Gasteiger partial charge in [-0.25, -0.2) is 4.79 Å². The van der Waals surface area contributed by atoms with E-state index >= 15 is 0 Å². The molecule has 0 amide bonds. The summed E-state index contributed by atoms with van der Waals surface area (Å²) in [4.78, 5) is 11.0. The van der Waals surface area contributed by atoms with E-state index in [1.807, 2.05) is 6.07 Å². The number of aromatic carboxylic acids is 1. The lowest BCUT2D eigenvalue weighted by molar-refractivity contribution is 0.0696. The molecule has 0 aromatic heterocycles. The van der Waals surface area contributed by atoms with Crippen LogP contribution in [-0.4, -0.2) is 16.2 Å². The molecule has 16 heavy (non-hydrogen) atoms. The normalized spacial score (nSPS) is 10.6. The minimum atomic E-state index is -1.03. The summed E-state index contributed by atoms with van der Waals surface area (Å²) in [6.45, 7) is 1.73. The van der Waals surface area contributed by atoms with Crippen molar-refractivity contribution in [1.82, 2.24) is 0 Å². The van der Waals surface area contributed by atoms with Crippen LogP contribution >= 0.6 is 15.9 Å².